The van der Waals surface area contributed by atoms with Crippen molar-refractivity contribution in [3.8, 4) is 11.3 Å². The largest absolute Gasteiger partial charge is 0.455 e. The van der Waals surface area contributed by atoms with E-state index in [1.807, 2.05) is 12.1 Å². The summed E-state index contributed by atoms with van der Waals surface area (Å²) in [5, 5.41) is 0.429. The Balaban J connectivity index is 2.06. The fourth-order valence-corrected chi connectivity index (χ4v) is 2.65. The third kappa shape index (κ3) is 3.09. The number of hydrogen-bond donors (Lipinski definition) is 0. The summed E-state index contributed by atoms with van der Waals surface area (Å²) < 4.78 is 5.84. The molecule has 3 rings (SSSR count). The Hall–Kier alpha value is -2.68. The van der Waals surface area contributed by atoms with Crippen LogP contribution in [0.25, 0.3) is 22.3 Å². The van der Waals surface area contributed by atoms with Gasteiger partial charge in [0.05, 0.1) is 10.9 Å². The van der Waals surface area contributed by atoms with Gasteiger partial charge in [0.2, 0.25) is 0 Å². The lowest BCUT2D eigenvalue weighted by Gasteiger charge is -2.06. The van der Waals surface area contributed by atoms with Gasteiger partial charge in [-0.05, 0) is 30.5 Å². The highest BCUT2D eigenvalue weighted by Gasteiger charge is 2.10. The minimum atomic E-state index is -0.139. The molecule has 0 saturated carbocycles. The van der Waals surface area contributed by atoms with Crippen LogP contribution in [-0.2, 0) is 6.42 Å². The first-order valence-electron chi connectivity index (χ1n) is 7.84. The van der Waals surface area contributed by atoms with Crippen LogP contribution in [-0.4, -0.2) is 6.29 Å². The van der Waals surface area contributed by atoms with Gasteiger partial charge in [-0.25, -0.2) is 0 Å². The molecule has 1 aromatic heterocycles. The van der Waals surface area contributed by atoms with Gasteiger partial charge in [-0.1, -0.05) is 43.7 Å². The van der Waals surface area contributed by atoms with E-state index >= 15 is 0 Å². The molecule has 0 spiro atoms. The molecular formula is C20H18O3. The van der Waals surface area contributed by atoms with E-state index in [1.165, 1.54) is 11.6 Å². The van der Waals surface area contributed by atoms with Crippen molar-refractivity contribution in [3.63, 3.8) is 0 Å². The van der Waals surface area contributed by atoms with Crippen molar-refractivity contribution in [3.05, 3.63) is 69.9 Å². The summed E-state index contributed by atoms with van der Waals surface area (Å²) in [6.07, 6.45) is 4.08. The molecule has 0 saturated heterocycles. The van der Waals surface area contributed by atoms with Crippen LogP contribution in [0.1, 0.15) is 35.7 Å². The number of para-hydroxylation sites is 1. The predicted octanol–water partition coefficient (Wildman–Crippen LogP) is 4.62. The molecule has 0 unspecified atom stereocenters. The highest BCUT2D eigenvalue weighted by molar-refractivity contribution is 5.94. The van der Waals surface area contributed by atoms with E-state index in [9.17, 15) is 9.59 Å². The van der Waals surface area contributed by atoms with Crippen LogP contribution in [0.3, 0.4) is 0 Å². The van der Waals surface area contributed by atoms with E-state index in [0.717, 1.165) is 24.8 Å². The Labute approximate surface area is 134 Å². The molecule has 0 atom stereocenters. The summed E-state index contributed by atoms with van der Waals surface area (Å²) in [6.45, 7) is 2.17. The number of hydrogen-bond acceptors (Lipinski definition) is 3. The maximum Gasteiger partial charge on any atom is 0.193 e. The maximum absolute atomic E-state index is 12.3. The Morgan fingerprint density at radius 2 is 1.87 bits per heavy atom. The number of unbranched alkanes of at least 4 members (excludes halogenated alkanes) is 1. The van der Waals surface area contributed by atoms with E-state index in [0.29, 0.717) is 28.6 Å². The normalized spacial score (nSPS) is 10.8. The number of benzene rings is 2. The molecule has 3 nitrogen and oxygen atoms in total. The zero-order valence-corrected chi connectivity index (χ0v) is 13.0. The highest BCUT2D eigenvalue weighted by Crippen LogP contribution is 2.24. The first-order valence-corrected chi connectivity index (χ1v) is 7.84. The second kappa shape index (κ2) is 6.61. The average Bonchev–Trinajstić information content (AvgIpc) is 2.60. The Kier molecular flexibility index (Phi) is 4.38. The second-order valence-corrected chi connectivity index (χ2v) is 5.62. The van der Waals surface area contributed by atoms with Crippen LogP contribution in [0.2, 0.25) is 0 Å². The van der Waals surface area contributed by atoms with Crippen molar-refractivity contribution >= 4 is 17.3 Å². The first-order chi connectivity index (χ1) is 11.2. The quantitative estimate of drug-likeness (QED) is 0.646. The molecule has 23 heavy (non-hydrogen) atoms. The molecule has 0 aliphatic carbocycles. The first kappa shape index (κ1) is 15.2. The number of carbonyl (C=O) groups is 1. The van der Waals surface area contributed by atoms with Gasteiger partial charge in [-0.3, -0.25) is 9.59 Å². The van der Waals surface area contributed by atoms with Gasteiger partial charge in [-0.2, -0.15) is 0 Å². The molecule has 0 bridgehead atoms. The van der Waals surface area contributed by atoms with E-state index in [4.69, 9.17) is 4.42 Å². The summed E-state index contributed by atoms with van der Waals surface area (Å²) >= 11 is 0. The van der Waals surface area contributed by atoms with Crippen LogP contribution in [0.15, 0.2) is 57.7 Å². The molecule has 0 aliphatic rings. The van der Waals surface area contributed by atoms with Crippen LogP contribution < -0.4 is 5.43 Å². The summed E-state index contributed by atoms with van der Waals surface area (Å²) in [6, 6.07) is 14.5. The summed E-state index contributed by atoms with van der Waals surface area (Å²) in [4.78, 5) is 23.4. The minimum absolute atomic E-state index is 0.139. The highest BCUT2D eigenvalue weighted by atomic mass is 16.3. The van der Waals surface area contributed by atoms with Crippen LogP contribution >= 0.6 is 0 Å². The van der Waals surface area contributed by atoms with Crippen molar-refractivity contribution in [1.29, 1.82) is 0 Å². The zero-order chi connectivity index (χ0) is 16.2. The summed E-state index contributed by atoms with van der Waals surface area (Å²) in [5.74, 6) is 0.485. The van der Waals surface area contributed by atoms with Crippen molar-refractivity contribution in [2.45, 2.75) is 26.2 Å². The Bertz CT molecular complexity index is 889. The zero-order valence-electron chi connectivity index (χ0n) is 13.0. The molecule has 0 fully saturated rings. The van der Waals surface area contributed by atoms with Gasteiger partial charge >= 0.3 is 0 Å². The topological polar surface area (TPSA) is 47.3 Å². The van der Waals surface area contributed by atoms with Crippen molar-refractivity contribution in [1.82, 2.24) is 0 Å². The third-order valence-corrected chi connectivity index (χ3v) is 3.97. The molecule has 1 heterocycles. The van der Waals surface area contributed by atoms with Gasteiger partial charge in [0.25, 0.3) is 0 Å². The number of carbonyl (C=O) groups excluding carboxylic acids is 1. The van der Waals surface area contributed by atoms with E-state index in [2.05, 4.69) is 19.1 Å². The average molecular weight is 306 g/mol. The van der Waals surface area contributed by atoms with Gasteiger partial charge in [-0.15, -0.1) is 0 Å². The van der Waals surface area contributed by atoms with Crippen molar-refractivity contribution < 1.29 is 9.21 Å². The SMILES string of the molecule is CCCCc1ccc(-c2cc(=O)c3cccc(C=O)c3o2)cc1. The Morgan fingerprint density at radius 1 is 1.09 bits per heavy atom. The molecule has 0 aliphatic heterocycles. The molecule has 3 heteroatoms. The smallest absolute Gasteiger partial charge is 0.193 e. The van der Waals surface area contributed by atoms with Gasteiger partial charge in [0.15, 0.2) is 11.7 Å². The fourth-order valence-electron chi connectivity index (χ4n) is 2.65. The van der Waals surface area contributed by atoms with Crippen LogP contribution in [0, 0.1) is 0 Å². The molecule has 0 radical (unpaired) electrons. The number of fused-ring (bicyclic) bond motifs is 1. The van der Waals surface area contributed by atoms with E-state index < -0.39 is 0 Å². The molecular weight excluding hydrogens is 288 g/mol. The number of rotatable bonds is 5. The molecule has 116 valence electrons. The molecule has 3 aromatic rings. The monoisotopic (exact) mass is 306 g/mol. The summed E-state index contributed by atoms with van der Waals surface area (Å²) in [5.41, 5.74) is 2.71. The van der Waals surface area contributed by atoms with E-state index in [1.54, 1.807) is 18.2 Å². The van der Waals surface area contributed by atoms with Crippen LogP contribution in [0.4, 0.5) is 0 Å². The minimum Gasteiger partial charge on any atom is -0.455 e. The predicted molar refractivity (Wildman–Crippen MR) is 91.9 cm³/mol. The van der Waals surface area contributed by atoms with Crippen molar-refractivity contribution in [2.24, 2.45) is 0 Å². The van der Waals surface area contributed by atoms with E-state index in [-0.39, 0.29) is 5.43 Å². The van der Waals surface area contributed by atoms with Gasteiger partial charge < -0.3 is 4.42 Å². The lowest BCUT2D eigenvalue weighted by molar-refractivity contribution is 0.112. The lowest BCUT2D eigenvalue weighted by atomic mass is 10.0. The standard InChI is InChI=1S/C20H18O3/c1-2-3-5-14-8-10-15(11-9-14)19-12-18(22)17-7-4-6-16(13-21)20(17)23-19/h4,6-13H,2-3,5H2,1H3. The summed E-state index contributed by atoms with van der Waals surface area (Å²) in [7, 11) is 0. The Morgan fingerprint density at radius 3 is 2.57 bits per heavy atom. The second-order valence-electron chi connectivity index (χ2n) is 5.62. The van der Waals surface area contributed by atoms with Crippen molar-refractivity contribution in [2.75, 3.05) is 0 Å². The lowest BCUT2D eigenvalue weighted by Crippen LogP contribution is -2.01. The van der Waals surface area contributed by atoms with Gasteiger partial charge in [0, 0.05) is 11.6 Å². The molecule has 2 aromatic carbocycles. The van der Waals surface area contributed by atoms with Crippen LogP contribution in [0.5, 0.6) is 0 Å². The number of aryl methyl sites for hydroxylation is 1. The maximum atomic E-state index is 12.3. The molecule has 0 N–H and O–H groups in total. The number of aldehydes is 1. The fraction of sp³-hybridized carbons (Fsp3) is 0.200. The van der Waals surface area contributed by atoms with Gasteiger partial charge in [0.1, 0.15) is 11.3 Å². The molecule has 0 amide bonds. The third-order valence-electron chi connectivity index (χ3n) is 3.97.